The molecule has 0 aromatic carbocycles. The number of carbonyl (C=O) groups is 1. The maximum Gasteiger partial charge on any atom is 0.316 e. The molecule has 1 spiro atoms. The molecule has 0 saturated carbocycles. The van der Waals surface area contributed by atoms with Gasteiger partial charge in [0.2, 0.25) is 0 Å². The lowest BCUT2D eigenvalue weighted by atomic mass is 9.71. The zero-order valence-corrected chi connectivity index (χ0v) is 30.4. The summed E-state index contributed by atoms with van der Waals surface area (Å²) < 4.78 is 38.0. The third-order valence-electron chi connectivity index (χ3n) is 11.0. The van der Waals surface area contributed by atoms with Gasteiger partial charge >= 0.3 is 5.97 Å². The molecule has 0 radical (unpaired) electrons. The van der Waals surface area contributed by atoms with Crippen LogP contribution in [-0.4, -0.2) is 89.5 Å². The Morgan fingerprint density at radius 1 is 1.17 bits per heavy atom. The van der Waals surface area contributed by atoms with Crippen molar-refractivity contribution in [1.29, 1.82) is 0 Å². The Kier molecular flexibility index (Phi) is 12.3. The van der Waals surface area contributed by atoms with Gasteiger partial charge in [0, 0.05) is 30.5 Å². The first-order valence-electron chi connectivity index (χ1n) is 17.5. The number of allylic oxidation sites excluding steroid dienone is 2. The second-order valence-corrected chi connectivity index (χ2v) is 15.2. The summed E-state index contributed by atoms with van der Waals surface area (Å²) in [6.45, 7) is 13.3. The molecule has 47 heavy (non-hydrogen) atoms. The van der Waals surface area contributed by atoms with Gasteiger partial charge in [0.25, 0.3) is 0 Å². The standard InChI is InChI=1S/C37H55BrO9/c1-7-22(2)33-25(5)13-14-36(47-33)19-29-18-28(46-36)12-11-24(4)32(44-21-42-16-15-38)23(3)9-8-10-27-20-43-34-31(39)26(6)17-30(35(40)45-29)37(27,34)41/h8-11,17,22-23,25,28-34,39,41H,7,12-16,18-21H2,1-6H3/b9-8+,24-11+,27-10+/t22?,23-,25-,28+,29-,30-,31+,32-,33+,34+,36+,37+/m0/s1. The van der Waals surface area contributed by atoms with E-state index in [1.165, 1.54) is 0 Å². The summed E-state index contributed by atoms with van der Waals surface area (Å²) in [5.41, 5.74) is 0.397. The topological polar surface area (TPSA) is 113 Å². The Bertz CT molecular complexity index is 1230. The summed E-state index contributed by atoms with van der Waals surface area (Å²) in [5, 5.41) is 24.0. The normalized spacial score (nSPS) is 44.7. The fourth-order valence-electron chi connectivity index (χ4n) is 8.06. The SMILES string of the molecule is CCC(C)[C@H]1O[C@]2(CC[C@@H]1C)C[C@@H]1C[C@@H](C/C=C(\C)[C@@H](OCOCCBr)[C@@H](C)/C=C/C=C3\CO[C@@H]4[C@H](O)C(C)=C[C@@H](C(=O)O1)[C@]34O)O2. The molecule has 9 nitrogen and oxygen atoms in total. The van der Waals surface area contributed by atoms with E-state index in [9.17, 15) is 15.0 Å². The van der Waals surface area contributed by atoms with Crippen LogP contribution >= 0.6 is 15.9 Å². The average molecular weight is 724 g/mol. The molecule has 2 N–H and O–H groups in total. The van der Waals surface area contributed by atoms with E-state index in [1.54, 1.807) is 19.1 Å². The molecule has 5 aliphatic rings. The molecule has 264 valence electrons. The first-order valence-corrected chi connectivity index (χ1v) is 18.6. The van der Waals surface area contributed by atoms with Crippen LogP contribution in [0.2, 0.25) is 0 Å². The van der Waals surface area contributed by atoms with E-state index >= 15 is 0 Å². The summed E-state index contributed by atoms with van der Waals surface area (Å²) in [7, 11) is 0. The molecule has 2 bridgehead atoms. The van der Waals surface area contributed by atoms with Crippen LogP contribution in [0.3, 0.4) is 0 Å². The molecular weight excluding hydrogens is 668 g/mol. The number of alkyl halides is 1. The maximum atomic E-state index is 14.1. The van der Waals surface area contributed by atoms with Crippen molar-refractivity contribution >= 4 is 21.9 Å². The van der Waals surface area contributed by atoms with Gasteiger partial charge in [-0.15, -0.1) is 0 Å². The highest BCUT2D eigenvalue weighted by Crippen LogP contribution is 2.48. The molecule has 1 unspecified atom stereocenters. The van der Waals surface area contributed by atoms with Crippen LogP contribution in [0, 0.1) is 23.7 Å². The van der Waals surface area contributed by atoms with Gasteiger partial charge in [-0.2, -0.15) is 0 Å². The predicted molar refractivity (Wildman–Crippen MR) is 182 cm³/mol. The van der Waals surface area contributed by atoms with E-state index in [4.69, 9.17) is 28.4 Å². The Morgan fingerprint density at radius 3 is 2.70 bits per heavy atom. The van der Waals surface area contributed by atoms with Crippen molar-refractivity contribution in [2.75, 3.05) is 25.3 Å². The van der Waals surface area contributed by atoms with Gasteiger partial charge in [-0.3, -0.25) is 4.79 Å². The first-order chi connectivity index (χ1) is 22.4. The highest BCUT2D eigenvalue weighted by Gasteiger charge is 2.60. The van der Waals surface area contributed by atoms with Crippen molar-refractivity contribution in [3.63, 3.8) is 0 Å². The Hall–Kier alpha value is -1.37. The minimum absolute atomic E-state index is 0.0398. The van der Waals surface area contributed by atoms with Crippen molar-refractivity contribution < 1.29 is 43.4 Å². The number of hydrogen-bond acceptors (Lipinski definition) is 9. The molecular formula is C37H55BrO9. The third-order valence-corrected chi connectivity index (χ3v) is 11.3. The van der Waals surface area contributed by atoms with Gasteiger partial charge in [0.1, 0.15) is 36.6 Å². The number of halogens is 1. The van der Waals surface area contributed by atoms with E-state index in [0.29, 0.717) is 55.3 Å². The molecule has 3 saturated heterocycles. The number of carbonyl (C=O) groups excluding carboxylic acids is 1. The van der Waals surface area contributed by atoms with Crippen molar-refractivity contribution in [1.82, 2.24) is 0 Å². The summed E-state index contributed by atoms with van der Waals surface area (Å²) >= 11 is 3.40. The first kappa shape index (κ1) is 36.9. The number of aliphatic hydroxyl groups excluding tert-OH is 1. The largest absolute Gasteiger partial charge is 0.462 e. The quantitative estimate of drug-likeness (QED) is 0.109. The lowest BCUT2D eigenvalue weighted by molar-refractivity contribution is -0.340. The van der Waals surface area contributed by atoms with Crippen LogP contribution < -0.4 is 0 Å². The van der Waals surface area contributed by atoms with Gasteiger partial charge in [-0.1, -0.05) is 80.4 Å². The van der Waals surface area contributed by atoms with Crippen LogP contribution in [0.15, 0.2) is 47.1 Å². The van der Waals surface area contributed by atoms with E-state index in [-0.39, 0.29) is 37.6 Å². The number of fused-ring (bicyclic) bond motifs is 2. The van der Waals surface area contributed by atoms with Crippen LogP contribution in [0.5, 0.6) is 0 Å². The van der Waals surface area contributed by atoms with Gasteiger partial charge in [0.15, 0.2) is 5.79 Å². The van der Waals surface area contributed by atoms with Crippen molar-refractivity contribution in [3.05, 3.63) is 47.1 Å². The van der Waals surface area contributed by atoms with Crippen LogP contribution in [-0.2, 0) is 33.2 Å². The molecule has 3 fully saturated rings. The second kappa shape index (κ2) is 15.7. The van der Waals surface area contributed by atoms with E-state index < -0.39 is 41.6 Å². The number of hydrogen-bond donors (Lipinski definition) is 2. The Labute approximate surface area is 288 Å². The third kappa shape index (κ3) is 7.85. The molecule has 0 amide bonds. The number of ether oxygens (including phenoxy) is 6. The van der Waals surface area contributed by atoms with Crippen LogP contribution in [0.1, 0.15) is 80.1 Å². The van der Waals surface area contributed by atoms with Gasteiger partial charge in [-0.25, -0.2) is 0 Å². The van der Waals surface area contributed by atoms with Gasteiger partial charge in [0.05, 0.1) is 31.5 Å². The zero-order chi connectivity index (χ0) is 33.9. The van der Waals surface area contributed by atoms with Gasteiger partial charge < -0.3 is 38.6 Å². The second-order valence-electron chi connectivity index (χ2n) is 14.4. The van der Waals surface area contributed by atoms with Crippen molar-refractivity contribution in [2.45, 2.75) is 128 Å². The molecule has 10 heteroatoms. The summed E-state index contributed by atoms with van der Waals surface area (Å²) in [5.74, 6) is -1.72. The highest BCUT2D eigenvalue weighted by atomic mass is 79.9. The zero-order valence-electron chi connectivity index (χ0n) is 28.9. The average Bonchev–Trinajstić information content (AvgIpc) is 3.38. The molecule has 12 atom stereocenters. The van der Waals surface area contributed by atoms with Crippen molar-refractivity contribution in [3.8, 4) is 0 Å². The van der Waals surface area contributed by atoms with E-state index in [1.807, 2.05) is 12.2 Å². The minimum atomic E-state index is -1.75. The maximum absolute atomic E-state index is 14.1. The molecule has 5 rings (SSSR count). The van der Waals surface area contributed by atoms with Crippen LogP contribution in [0.4, 0.5) is 0 Å². The molecule has 4 aliphatic heterocycles. The Morgan fingerprint density at radius 2 is 1.96 bits per heavy atom. The monoisotopic (exact) mass is 722 g/mol. The fourth-order valence-corrected chi connectivity index (χ4v) is 8.29. The lowest BCUT2D eigenvalue weighted by Crippen LogP contribution is -2.58. The van der Waals surface area contributed by atoms with E-state index in [2.05, 4.69) is 56.6 Å². The molecule has 1 aliphatic carbocycles. The van der Waals surface area contributed by atoms with Crippen LogP contribution in [0.25, 0.3) is 0 Å². The number of aliphatic hydroxyl groups is 2. The Balaban J connectivity index is 1.53. The fraction of sp³-hybridized carbons (Fsp3) is 0.757. The highest BCUT2D eigenvalue weighted by molar-refractivity contribution is 9.09. The summed E-state index contributed by atoms with van der Waals surface area (Å²) in [6, 6.07) is 0. The minimum Gasteiger partial charge on any atom is -0.462 e. The predicted octanol–water partition coefficient (Wildman–Crippen LogP) is 5.92. The summed E-state index contributed by atoms with van der Waals surface area (Å²) in [4.78, 5) is 14.1. The van der Waals surface area contributed by atoms with Crippen molar-refractivity contribution in [2.24, 2.45) is 23.7 Å². The smallest absolute Gasteiger partial charge is 0.316 e. The van der Waals surface area contributed by atoms with Gasteiger partial charge in [-0.05, 0) is 55.2 Å². The van der Waals surface area contributed by atoms with E-state index in [0.717, 1.165) is 23.7 Å². The number of rotatable bonds is 7. The number of esters is 1. The molecule has 0 aromatic rings. The molecule has 4 heterocycles. The lowest BCUT2D eigenvalue weighted by Gasteiger charge is -2.51. The molecule has 0 aromatic heterocycles. The summed E-state index contributed by atoms with van der Waals surface area (Å²) in [6.07, 6.45) is 10.7.